The van der Waals surface area contributed by atoms with Crippen LogP contribution in [0.25, 0.3) is 0 Å². The van der Waals surface area contributed by atoms with E-state index in [9.17, 15) is 4.79 Å². The summed E-state index contributed by atoms with van der Waals surface area (Å²) >= 11 is 0. The van der Waals surface area contributed by atoms with Crippen molar-refractivity contribution < 1.29 is 9.53 Å². The molecule has 2 rings (SSSR count). The normalized spacial score (nSPS) is 18.5. The van der Waals surface area contributed by atoms with Gasteiger partial charge in [0.1, 0.15) is 0 Å². The largest absolute Gasteiger partial charge is 0.379 e. The van der Waals surface area contributed by atoms with E-state index in [4.69, 9.17) is 10.5 Å². The molecule has 0 saturated carbocycles. The van der Waals surface area contributed by atoms with Gasteiger partial charge in [-0.05, 0) is 6.92 Å². The number of nitrogen functional groups attached to an aromatic ring is 1. The van der Waals surface area contributed by atoms with E-state index in [2.05, 4.69) is 25.4 Å². The van der Waals surface area contributed by atoms with Gasteiger partial charge in [-0.15, -0.1) is 5.10 Å². The van der Waals surface area contributed by atoms with E-state index in [-0.39, 0.29) is 23.7 Å². The molecule has 1 aliphatic rings. The summed E-state index contributed by atoms with van der Waals surface area (Å²) in [6.07, 6.45) is 0. The van der Waals surface area contributed by atoms with Gasteiger partial charge in [0.25, 0.3) is 5.91 Å². The predicted octanol–water partition coefficient (Wildman–Crippen LogP) is -1.16. The number of rotatable bonds is 4. The number of hydrogen-bond donors (Lipinski definition) is 3. The van der Waals surface area contributed by atoms with Crippen molar-refractivity contribution in [2.45, 2.75) is 13.0 Å². The van der Waals surface area contributed by atoms with Crippen molar-refractivity contribution in [3.63, 3.8) is 0 Å². The van der Waals surface area contributed by atoms with Crippen LogP contribution in [0.5, 0.6) is 0 Å². The summed E-state index contributed by atoms with van der Waals surface area (Å²) in [4.78, 5) is 17.8. The van der Waals surface area contributed by atoms with Gasteiger partial charge in [-0.25, -0.2) is 0 Å². The Morgan fingerprint density at radius 2 is 2.33 bits per heavy atom. The minimum atomic E-state index is -0.292. The highest BCUT2D eigenvalue weighted by molar-refractivity contribution is 5.90. The molecule has 0 radical (unpaired) electrons. The van der Waals surface area contributed by atoms with E-state index in [1.165, 1.54) is 0 Å². The minimum absolute atomic E-state index is 0.0296. The Balaban J connectivity index is 1.79. The maximum absolute atomic E-state index is 11.8. The lowest BCUT2D eigenvalue weighted by atomic mass is 10.3. The lowest BCUT2D eigenvalue weighted by Crippen LogP contribution is -2.46. The molecular formula is C10H18N6O2. The van der Waals surface area contributed by atoms with Crippen molar-refractivity contribution in [2.75, 3.05) is 38.6 Å². The third-order valence-electron chi connectivity index (χ3n) is 2.73. The third kappa shape index (κ3) is 3.41. The van der Waals surface area contributed by atoms with Crippen LogP contribution in [0, 0.1) is 0 Å². The lowest BCUT2D eigenvalue weighted by molar-refractivity contribution is 0.0342. The molecule has 0 aromatic carbocycles. The number of nitrogens with two attached hydrogens (primary N) is 1. The van der Waals surface area contributed by atoms with Crippen LogP contribution in [0.2, 0.25) is 0 Å². The molecule has 0 spiro atoms. The number of carbonyl (C=O) groups is 1. The summed E-state index contributed by atoms with van der Waals surface area (Å²) in [5.41, 5.74) is 5.34. The summed E-state index contributed by atoms with van der Waals surface area (Å²) < 4.78 is 5.27. The Hall–Kier alpha value is -1.67. The average molecular weight is 254 g/mol. The standard InChI is InChI=1S/C10H18N6O2/c1-7(6-16-2-4-18-5-3-16)12-9(17)8-13-10(11)15-14-8/h7H,2-6H2,1H3,(H,12,17)(H3,11,13,14,15). The molecule has 1 fully saturated rings. The number of carbonyl (C=O) groups excluding carboxylic acids is 1. The lowest BCUT2D eigenvalue weighted by Gasteiger charge is -2.29. The number of hydrogen-bond acceptors (Lipinski definition) is 6. The van der Waals surface area contributed by atoms with Gasteiger partial charge in [0.15, 0.2) is 0 Å². The fourth-order valence-electron chi connectivity index (χ4n) is 1.89. The minimum Gasteiger partial charge on any atom is -0.379 e. The Morgan fingerprint density at radius 3 is 2.94 bits per heavy atom. The predicted molar refractivity (Wildman–Crippen MR) is 65.0 cm³/mol. The van der Waals surface area contributed by atoms with Crippen LogP contribution in [0.3, 0.4) is 0 Å². The third-order valence-corrected chi connectivity index (χ3v) is 2.73. The van der Waals surface area contributed by atoms with Crippen LogP contribution in [0.1, 0.15) is 17.5 Å². The van der Waals surface area contributed by atoms with Crippen LogP contribution in [-0.4, -0.2) is 64.9 Å². The summed E-state index contributed by atoms with van der Waals surface area (Å²) in [5, 5.41) is 8.94. The van der Waals surface area contributed by atoms with E-state index in [0.29, 0.717) is 0 Å². The van der Waals surface area contributed by atoms with Gasteiger partial charge in [0.2, 0.25) is 11.8 Å². The number of nitrogens with zero attached hydrogens (tertiary/aromatic N) is 3. The Kier molecular flexibility index (Phi) is 4.11. The molecule has 1 aliphatic heterocycles. The highest BCUT2D eigenvalue weighted by Gasteiger charge is 2.17. The quantitative estimate of drug-likeness (QED) is 0.625. The summed E-state index contributed by atoms with van der Waals surface area (Å²) in [6, 6.07) is 0.0296. The monoisotopic (exact) mass is 254 g/mol. The number of amides is 1. The molecule has 8 nitrogen and oxygen atoms in total. The first kappa shape index (κ1) is 12.8. The van der Waals surface area contributed by atoms with E-state index in [1.54, 1.807) is 0 Å². The number of aromatic nitrogens is 3. The van der Waals surface area contributed by atoms with Crippen molar-refractivity contribution in [1.29, 1.82) is 0 Å². The van der Waals surface area contributed by atoms with E-state index >= 15 is 0 Å². The molecule has 1 atom stereocenters. The van der Waals surface area contributed by atoms with Crippen molar-refractivity contribution in [3.05, 3.63) is 5.82 Å². The van der Waals surface area contributed by atoms with Gasteiger partial charge in [0.05, 0.1) is 13.2 Å². The van der Waals surface area contributed by atoms with E-state index < -0.39 is 0 Å². The molecular weight excluding hydrogens is 236 g/mol. The van der Waals surface area contributed by atoms with E-state index in [0.717, 1.165) is 32.8 Å². The summed E-state index contributed by atoms with van der Waals surface area (Å²) in [7, 11) is 0. The van der Waals surface area contributed by atoms with Gasteiger partial charge in [-0.2, -0.15) is 4.98 Å². The molecule has 18 heavy (non-hydrogen) atoms. The zero-order valence-electron chi connectivity index (χ0n) is 10.3. The maximum Gasteiger partial charge on any atom is 0.288 e. The van der Waals surface area contributed by atoms with Crippen molar-refractivity contribution in [1.82, 2.24) is 25.4 Å². The van der Waals surface area contributed by atoms with Crippen molar-refractivity contribution in [2.24, 2.45) is 0 Å². The molecule has 1 aromatic heterocycles. The van der Waals surface area contributed by atoms with Gasteiger partial charge < -0.3 is 15.8 Å². The van der Waals surface area contributed by atoms with Crippen LogP contribution < -0.4 is 11.1 Å². The number of anilines is 1. The Morgan fingerprint density at radius 1 is 1.61 bits per heavy atom. The van der Waals surface area contributed by atoms with Crippen LogP contribution >= 0.6 is 0 Å². The van der Waals surface area contributed by atoms with Crippen molar-refractivity contribution >= 4 is 11.9 Å². The fourth-order valence-corrected chi connectivity index (χ4v) is 1.89. The molecule has 1 saturated heterocycles. The number of nitrogens with one attached hydrogen (secondary N) is 2. The molecule has 100 valence electrons. The Bertz CT molecular complexity index is 401. The van der Waals surface area contributed by atoms with Crippen LogP contribution in [0.15, 0.2) is 0 Å². The van der Waals surface area contributed by atoms with Crippen LogP contribution in [-0.2, 0) is 4.74 Å². The second-order valence-electron chi connectivity index (χ2n) is 4.33. The highest BCUT2D eigenvalue weighted by Crippen LogP contribution is 1.99. The second kappa shape index (κ2) is 5.78. The molecule has 4 N–H and O–H groups in total. The molecule has 0 aliphatic carbocycles. The first-order valence-electron chi connectivity index (χ1n) is 5.94. The summed E-state index contributed by atoms with van der Waals surface area (Å²) in [5.74, 6) is -0.0812. The summed E-state index contributed by atoms with van der Waals surface area (Å²) in [6.45, 7) is 6.04. The first-order chi connectivity index (χ1) is 8.65. The fraction of sp³-hybridized carbons (Fsp3) is 0.700. The Labute approximate surface area is 105 Å². The molecule has 2 heterocycles. The average Bonchev–Trinajstić information content (AvgIpc) is 2.77. The molecule has 1 amide bonds. The molecule has 8 heteroatoms. The number of ether oxygens (including phenoxy) is 1. The maximum atomic E-state index is 11.8. The van der Waals surface area contributed by atoms with E-state index in [1.807, 2.05) is 6.92 Å². The van der Waals surface area contributed by atoms with Gasteiger partial charge in [-0.3, -0.25) is 14.8 Å². The molecule has 1 aromatic rings. The second-order valence-corrected chi connectivity index (χ2v) is 4.33. The van der Waals surface area contributed by atoms with Gasteiger partial charge in [-0.1, -0.05) is 0 Å². The van der Waals surface area contributed by atoms with Gasteiger partial charge in [0, 0.05) is 25.7 Å². The van der Waals surface area contributed by atoms with Crippen LogP contribution in [0.4, 0.5) is 5.95 Å². The van der Waals surface area contributed by atoms with Gasteiger partial charge >= 0.3 is 0 Å². The number of H-pyrrole nitrogens is 1. The highest BCUT2D eigenvalue weighted by atomic mass is 16.5. The van der Waals surface area contributed by atoms with Crippen molar-refractivity contribution in [3.8, 4) is 0 Å². The molecule has 0 bridgehead atoms. The number of morpholine rings is 1. The topological polar surface area (TPSA) is 109 Å². The SMILES string of the molecule is CC(CN1CCOCC1)NC(=O)c1nc(N)n[nH]1. The zero-order valence-corrected chi connectivity index (χ0v) is 10.3. The molecule has 1 unspecified atom stereocenters. The zero-order chi connectivity index (χ0) is 13.0. The first-order valence-corrected chi connectivity index (χ1v) is 5.94. The number of aromatic amines is 1. The smallest absolute Gasteiger partial charge is 0.288 e.